The van der Waals surface area contributed by atoms with E-state index < -0.39 is 11.2 Å². The maximum absolute atomic E-state index is 11.4. The maximum Gasteiger partial charge on any atom is 0.305 e. The monoisotopic (exact) mass is 1370 g/mol. The lowest BCUT2D eigenvalue weighted by atomic mass is 9.59. The van der Waals surface area contributed by atoms with Crippen LogP contribution in [-0.4, -0.2) is 81.8 Å². The molecule has 564 valence electrons. The molecule has 2 N–H and O–H groups in total. The fraction of sp³-hybridized carbons (Fsp3) is 0.942. The summed E-state index contributed by atoms with van der Waals surface area (Å²) in [6.45, 7) is 60.7. The number of fused-ring (bicyclic) bond motifs is 14. The standard InChI is InChI=1S/2C13H22O2.3C12H20O2.2C12H22O/c2*1-5-11(14)15-10-8-9-6-7-13(10,4)12(9,2)3;1-8(13)14-10-11(2,3)9-5-6-12(10,4)7-9;2*1-8(13)14-10-7-9-5-6-12(10,4)11(9,2)3;2*1-5-12(13)10(2,3)9-6-7-11(12,4)8-9/h2*9-10H,5-8H2,1-4H3;3*9-10H,5-7H2,1-4H3;2*9,13H,5-8H2,1-4H3/t9-,10-,13+;;9?,10-,12?;9-,10+,12+;;9?,11?,12-;/m0.00.0./s1. The van der Waals surface area contributed by atoms with E-state index in [4.69, 9.17) is 23.7 Å². The van der Waals surface area contributed by atoms with Crippen LogP contribution in [0.2, 0.25) is 0 Å². The predicted octanol–water partition coefficient (Wildman–Crippen LogP) is 20.5. The largest absolute Gasteiger partial charge is 0.462 e. The topological polar surface area (TPSA) is 172 Å². The Morgan fingerprint density at radius 1 is 0.327 bits per heavy atom. The lowest BCUT2D eigenvalue weighted by molar-refractivity contribution is -0.162. The van der Waals surface area contributed by atoms with Crippen LogP contribution in [0.25, 0.3) is 0 Å². The average Bonchev–Trinajstić information content (AvgIpc) is 1.54. The summed E-state index contributed by atoms with van der Waals surface area (Å²) >= 11 is 0. The highest BCUT2D eigenvalue weighted by Gasteiger charge is 2.70. The normalized spacial score (nSPS) is 45.7. The van der Waals surface area contributed by atoms with Gasteiger partial charge in [0.05, 0.1) is 11.2 Å². The Morgan fingerprint density at radius 2 is 0.592 bits per heavy atom. The molecule has 0 spiro atoms. The molecule has 0 aliphatic heterocycles. The molecule has 12 heteroatoms. The molecule has 14 fully saturated rings. The lowest BCUT2D eigenvalue weighted by Gasteiger charge is -2.50. The van der Waals surface area contributed by atoms with Crippen LogP contribution in [0.1, 0.15) is 354 Å². The minimum absolute atomic E-state index is 0.0374. The second kappa shape index (κ2) is 27.0. The highest BCUT2D eigenvalue weighted by molar-refractivity contribution is 5.70. The van der Waals surface area contributed by atoms with Gasteiger partial charge in [0.25, 0.3) is 0 Å². The molecule has 14 bridgehead atoms. The third-order valence-electron chi connectivity index (χ3n) is 35.7. The van der Waals surface area contributed by atoms with E-state index in [0.717, 1.165) is 80.0 Å². The zero-order valence-corrected chi connectivity index (χ0v) is 68.1. The van der Waals surface area contributed by atoms with Crippen molar-refractivity contribution in [2.75, 3.05) is 0 Å². The first-order chi connectivity index (χ1) is 44.7. The van der Waals surface area contributed by atoms with Crippen LogP contribution >= 0.6 is 0 Å². The van der Waals surface area contributed by atoms with Gasteiger partial charge in [0, 0.05) is 66.1 Å². The number of esters is 5. The summed E-state index contributed by atoms with van der Waals surface area (Å²) in [6.07, 6.45) is 29.3. The molecular formula is C86H148O12. The molecule has 14 rings (SSSR count). The zero-order chi connectivity index (χ0) is 74.0. The van der Waals surface area contributed by atoms with Crippen molar-refractivity contribution in [1.82, 2.24) is 0 Å². The van der Waals surface area contributed by atoms with Crippen molar-refractivity contribution in [2.45, 2.75) is 396 Å². The van der Waals surface area contributed by atoms with E-state index in [0.29, 0.717) is 34.5 Å². The number of hydrogen-bond acceptors (Lipinski definition) is 12. The SMILES string of the molecule is CC(=O)OC1CC2CCC1(C)C2(C)C.CC(=O)O[C@@H]1C2(C)CCC(C2)C1(C)C.CC(=O)O[C@@H]1C[C@@H]2CC[C@@]1(C)C2(C)C.CCC(=O)OC1CC2CCC1(C)C2(C)C.CCC(=O)O[C@H]1C[C@@H]2CC[C@@]1(C)C2(C)C.CCC1(O)C2(C)CCC(C2)C1(C)C.CC[C@@]1(O)C2(C)CCC(C2)C1(C)C. The molecule has 0 aromatic heterocycles. The van der Waals surface area contributed by atoms with Crippen LogP contribution < -0.4 is 0 Å². The van der Waals surface area contributed by atoms with Gasteiger partial charge >= 0.3 is 29.8 Å². The summed E-state index contributed by atoms with van der Waals surface area (Å²) in [5.74, 6) is 4.79. The fourth-order valence-corrected chi connectivity index (χ4v) is 26.3. The zero-order valence-electron chi connectivity index (χ0n) is 68.1. The third kappa shape index (κ3) is 12.7. The minimum Gasteiger partial charge on any atom is -0.462 e. The molecular weight excluding hydrogens is 1220 g/mol. The highest BCUT2D eigenvalue weighted by Crippen LogP contribution is 2.73. The number of rotatable bonds is 9. The summed E-state index contributed by atoms with van der Waals surface area (Å²) in [5.41, 5.74) is 2.48. The van der Waals surface area contributed by atoms with Crippen molar-refractivity contribution in [3.8, 4) is 0 Å². The molecule has 0 amide bonds. The van der Waals surface area contributed by atoms with Crippen LogP contribution in [0, 0.1) is 117 Å². The van der Waals surface area contributed by atoms with Gasteiger partial charge in [-0.05, 0) is 232 Å². The average molecular weight is 1370 g/mol. The van der Waals surface area contributed by atoms with Crippen LogP contribution in [0.4, 0.5) is 0 Å². The molecule has 0 radical (unpaired) electrons. The number of ether oxygens (including phenoxy) is 5. The Hall–Kier alpha value is -2.73. The van der Waals surface area contributed by atoms with E-state index in [1.165, 1.54) is 130 Å². The number of carbonyl (C=O) groups is 5. The summed E-state index contributed by atoms with van der Waals surface area (Å²) < 4.78 is 27.6. The van der Waals surface area contributed by atoms with Crippen LogP contribution in [0.5, 0.6) is 0 Å². The Balaban J connectivity index is 0.000000146. The van der Waals surface area contributed by atoms with Crippen molar-refractivity contribution in [2.24, 2.45) is 117 Å². The smallest absolute Gasteiger partial charge is 0.305 e. The summed E-state index contributed by atoms with van der Waals surface area (Å²) in [4.78, 5) is 55.8. The van der Waals surface area contributed by atoms with Crippen molar-refractivity contribution in [1.29, 1.82) is 0 Å². The van der Waals surface area contributed by atoms with Crippen LogP contribution in [0.3, 0.4) is 0 Å². The predicted molar refractivity (Wildman–Crippen MR) is 392 cm³/mol. The van der Waals surface area contributed by atoms with Gasteiger partial charge in [-0.15, -0.1) is 0 Å². The number of hydrogen-bond donors (Lipinski definition) is 2. The molecule has 0 heterocycles. The van der Waals surface area contributed by atoms with Gasteiger partial charge in [-0.2, -0.15) is 0 Å². The maximum atomic E-state index is 11.4. The van der Waals surface area contributed by atoms with E-state index >= 15 is 0 Å². The first kappa shape index (κ1) is 80.9. The molecule has 14 aliphatic carbocycles. The molecule has 0 aromatic carbocycles. The van der Waals surface area contributed by atoms with Crippen molar-refractivity contribution in [3.63, 3.8) is 0 Å². The van der Waals surface area contributed by atoms with Gasteiger partial charge < -0.3 is 33.9 Å². The first-order valence-corrected chi connectivity index (χ1v) is 40.0. The second-order valence-electron chi connectivity index (χ2n) is 41.1. The molecule has 0 saturated heterocycles. The molecule has 14 aliphatic rings. The summed E-state index contributed by atoms with van der Waals surface area (Å²) in [5, 5.41) is 21.6. The summed E-state index contributed by atoms with van der Waals surface area (Å²) in [7, 11) is 0. The molecule has 21 atom stereocenters. The fourth-order valence-electron chi connectivity index (χ4n) is 26.3. The first-order valence-electron chi connectivity index (χ1n) is 40.0. The second-order valence-corrected chi connectivity index (χ2v) is 41.1. The molecule has 0 aromatic rings. The lowest BCUT2D eigenvalue weighted by Crippen LogP contribution is -2.53. The Labute approximate surface area is 598 Å². The van der Waals surface area contributed by atoms with E-state index in [1.807, 2.05) is 13.8 Å². The van der Waals surface area contributed by atoms with Gasteiger partial charge in [-0.25, -0.2) is 0 Å². The van der Waals surface area contributed by atoms with Crippen molar-refractivity contribution >= 4 is 29.8 Å². The van der Waals surface area contributed by atoms with Gasteiger partial charge in [-0.1, -0.05) is 173 Å². The third-order valence-corrected chi connectivity index (χ3v) is 35.7. The van der Waals surface area contributed by atoms with E-state index in [1.54, 1.807) is 0 Å². The molecule has 13 unspecified atom stereocenters. The Kier molecular flexibility index (Phi) is 22.3. The molecule has 98 heavy (non-hydrogen) atoms. The van der Waals surface area contributed by atoms with E-state index in [2.05, 4.69) is 159 Å². The van der Waals surface area contributed by atoms with Gasteiger partial charge in [0.1, 0.15) is 30.5 Å². The molecule has 12 nitrogen and oxygen atoms in total. The van der Waals surface area contributed by atoms with E-state index in [-0.39, 0.29) is 115 Å². The quantitative estimate of drug-likeness (QED) is 0.166. The van der Waals surface area contributed by atoms with Crippen LogP contribution in [-0.2, 0) is 47.7 Å². The van der Waals surface area contributed by atoms with Crippen molar-refractivity contribution < 1.29 is 57.9 Å². The minimum atomic E-state index is -0.414. The highest BCUT2D eigenvalue weighted by atomic mass is 16.6. The Bertz CT molecular complexity index is 2730. The van der Waals surface area contributed by atoms with Crippen molar-refractivity contribution in [3.05, 3.63) is 0 Å². The van der Waals surface area contributed by atoms with E-state index in [9.17, 15) is 34.2 Å². The van der Waals surface area contributed by atoms with Crippen LogP contribution in [0.15, 0.2) is 0 Å². The van der Waals surface area contributed by atoms with Gasteiger partial charge in [-0.3, -0.25) is 24.0 Å². The summed E-state index contributed by atoms with van der Waals surface area (Å²) in [6, 6.07) is 0. The molecule has 14 saturated carbocycles. The number of carbonyl (C=O) groups excluding carboxylic acids is 5. The Morgan fingerprint density at radius 3 is 0.776 bits per heavy atom. The number of aliphatic hydroxyl groups is 2. The van der Waals surface area contributed by atoms with Gasteiger partial charge in [0.15, 0.2) is 0 Å². The van der Waals surface area contributed by atoms with Gasteiger partial charge in [0.2, 0.25) is 0 Å².